The van der Waals surface area contributed by atoms with Gasteiger partial charge in [-0.3, -0.25) is 0 Å². The highest BCUT2D eigenvalue weighted by Crippen LogP contribution is 2.56. The third kappa shape index (κ3) is 6.58. The predicted molar refractivity (Wildman–Crippen MR) is 216 cm³/mol. The summed E-state index contributed by atoms with van der Waals surface area (Å²) in [4.78, 5) is 26.9. The molecule has 0 N–H and O–H groups in total. The number of ether oxygens (including phenoxy) is 6. The van der Waals surface area contributed by atoms with Gasteiger partial charge in [0.1, 0.15) is 39.6 Å². The lowest BCUT2D eigenvalue weighted by molar-refractivity contribution is -0.127. The summed E-state index contributed by atoms with van der Waals surface area (Å²) in [5.74, 6) is 0.729. The Kier molecular flexibility index (Phi) is 9.61. The first-order valence-corrected chi connectivity index (χ1v) is 20.5. The Hall–Kier alpha value is -4.98. The number of hydrogen-bond donors (Lipinski definition) is 0. The van der Waals surface area contributed by atoms with Crippen LogP contribution in [0.1, 0.15) is 148 Å². The van der Waals surface area contributed by atoms with E-state index in [1.165, 1.54) is 0 Å². The molecule has 0 fully saturated rings. The molecule has 0 saturated carbocycles. The highest BCUT2D eigenvalue weighted by molar-refractivity contribution is 6.01. The Morgan fingerprint density at radius 2 is 1.21 bits per heavy atom. The van der Waals surface area contributed by atoms with E-state index in [4.69, 9.17) is 28.4 Å². The van der Waals surface area contributed by atoms with Crippen molar-refractivity contribution in [1.29, 1.82) is 0 Å². The van der Waals surface area contributed by atoms with Gasteiger partial charge in [0, 0.05) is 25.0 Å². The van der Waals surface area contributed by atoms with Crippen molar-refractivity contribution in [1.82, 2.24) is 0 Å². The van der Waals surface area contributed by atoms with E-state index in [1.807, 2.05) is 12.1 Å². The number of benzene rings is 4. The molecule has 4 aliphatic heterocycles. The molecule has 0 aliphatic carbocycles. The summed E-state index contributed by atoms with van der Waals surface area (Å²) in [6.45, 7) is 16.2. The molecule has 1 atom stereocenters. The zero-order valence-electron chi connectivity index (χ0n) is 34.2. The molecule has 8 heteroatoms. The molecule has 8 rings (SSSR count). The van der Waals surface area contributed by atoms with Gasteiger partial charge in [-0.15, -0.1) is 0 Å². The number of esters is 2. The summed E-state index contributed by atoms with van der Waals surface area (Å²) in [6.07, 6.45) is 9.07. The summed E-state index contributed by atoms with van der Waals surface area (Å²) in [7, 11) is 0. The van der Waals surface area contributed by atoms with Gasteiger partial charge >= 0.3 is 11.9 Å². The fourth-order valence-electron chi connectivity index (χ4n) is 9.02. The molecule has 4 aliphatic rings. The largest absolute Gasteiger partial charge is 0.482 e. The molecule has 0 spiro atoms. The van der Waals surface area contributed by atoms with E-state index in [2.05, 4.69) is 77.9 Å². The number of carbonyl (C=O) groups excluding carboxylic acids is 2. The summed E-state index contributed by atoms with van der Waals surface area (Å²) in [6, 6.07) is 17.1. The van der Waals surface area contributed by atoms with Crippen LogP contribution in [0, 0.1) is 6.92 Å². The Bertz CT molecular complexity index is 2250. The van der Waals surface area contributed by atoms with E-state index in [9.17, 15) is 9.59 Å². The zero-order valence-corrected chi connectivity index (χ0v) is 34.2. The lowest BCUT2D eigenvalue weighted by Gasteiger charge is -2.40. The van der Waals surface area contributed by atoms with Gasteiger partial charge in [-0.25, -0.2) is 9.59 Å². The quantitative estimate of drug-likeness (QED) is 0.110. The number of unbranched alkanes of at least 4 members (excludes halogenated alkanes) is 4. The van der Waals surface area contributed by atoms with Gasteiger partial charge < -0.3 is 28.4 Å². The van der Waals surface area contributed by atoms with Crippen molar-refractivity contribution in [3.05, 3.63) is 93.0 Å². The maximum Gasteiger partial charge on any atom is 0.345 e. The van der Waals surface area contributed by atoms with Gasteiger partial charge in [-0.05, 0) is 106 Å². The Morgan fingerprint density at radius 1 is 0.589 bits per heavy atom. The van der Waals surface area contributed by atoms with Crippen LogP contribution in [-0.2, 0) is 39.9 Å². The molecule has 0 radical (unpaired) electrons. The van der Waals surface area contributed by atoms with Crippen molar-refractivity contribution in [3.63, 3.8) is 0 Å². The first-order chi connectivity index (χ1) is 26.7. The van der Waals surface area contributed by atoms with E-state index < -0.39 is 17.0 Å². The second-order valence-electron chi connectivity index (χ2n) is 17.1. The van der Waals surface area contributed by atoms with E-state index in [0.717, 1.165) is 119 Å². The fraction of sp³-hybridized carbons (Fsp3) is 0.458. The van der Waals surface area contributed by atoms with Gasteiger partial charge in [-0.1, -0.05) is 81.5 Å². The topological polar surface area (TPSA) is 89.5 Å². The zero-order chi connectivity index (χ0) is 39.6. The summed E-state index contributed by atoms with van der Waals surface area (Å²) in [5.41, 5.74) is 9.50. The Morgan fingerprint density at radius 3 is 1.91 bits per heavy atom. The number of carbonyl (C=O) groups is 2. The molecule has 0 bridgehead atoms. The molecule has 4 aromatic rings. The predicted octanol–water partition coefficient (Wildman–Crippen LogP) is 11.5. The molecule has 1 unspecified atom stereocenters. The number of fused-ring (bicyclic) bond motifs is 10. The molecule has 4 heterocycles. The fourth-order valence-corrected chi connectivity index (χ4v) is 9.02. The molecule has 4 aromatic carbocycles. The lowest BCUT2D eigenvalue weighted by atomic mass is 9.79. The second kappa shape index (κ2) is 14.2. The molecule has 8 nitrogen and oxygen atoms in total. The summed E-state index contributed by atoms with van der Waals surface area (Å²) in [5, 5.41) is 0. The highest BCUT2D eigenvalue weighted by atomic mass is 16.7. The van der Waals surface area contributed by atoms with Crippen molar-refractivity contribution in [2.45, 2.75) is 137 Å². The third-order valence-electron chi connectivity index (χ3n) is 11.8. The maximum absolute atomic E-state index is 13.7. The summed E-state index contributed by atoms with van der Waals surface area (Å²) >= 11 is 0. The molecule has 0 saturated heterocycles. The third-order valence-corrected chi connectivity index (χ3v) is 11.8. The minimum Gasteiger partial charge on any atom is -0.482 e. The smallest absolute Gasteiger partial charge is 0.345 e. The van der Waals surface area contributed by atoms with Crippen molar-refractivity contribution in [3.8, 4) is 45.3 Å². The van der Waals surface area contributed by atoms with Crippen LogP contribution < -0.4 is 18.9 Å². The number of aryl methyl sites for hydroxylation is 4. The monoisotopic (exact) mass is 758 g/mol. The molecule has 56 heavy (non-hydrogen) atoms. The number of rotatable bonds is 11. The van der Waals surface area contributed by atoms with E-state index in [1.54, 1.807) is 13.8 Å². The van der Waals surface area contributed by atoms with Gasteiger partial charge in [-0.2, -0.15) is 0 Å². The minimum absolute atomic E-state index is 0.120. The van der Waals surface area contributed by atoms with Crippen LogP contribution in [0.15, 0.2) is 48.5 Å². The standard InChI is InChI=1S/C48H54O8/c1-9-11-13-15-30-26-37-40(42-38(30)44(49)52-27-51-42)32-23-28(3)17-19-35(32)48(8,54-37)22-21-29-18-20-34-33(24-29)41-36(53-46(34,4)5)25-31(16-14-12-10-2)39-43(41)55-47(6,7)56-45(39)50/h17-20,23-26H,9-16,21-22,27H2,1-8H3. The highest BCUT2D eigenvalue weighted by Gasteiger charge is 2.44. The molecular weight excluding hydrogens is 705 g/mol. The van der Waals surface area contributed by atoms with Crippen molar-refractivity contribution < 1.29 is 38.0 Å². The maximum atomic E-state index is 13.7. The van der Waals surface area contributed by atoms with Crippen LogP contribution in [0.5, 0.6) is 23.0 Å². The average molecular weight is 759 g/mol. The Balaban J connectivity index is 1.19. The van der Waals surface area contributed by atoms with Crippen LogP contribution in [0.25, 0.3) is 22.3 Å². The van der Waals surface area contributed by atoms with Crippen molar-refractivity contribution in [2.75, 3.05) is 6.79 Å². The number of cyclic esters (lactones) is 2. The van der Waals surface area contributed by atoms with Crippen LogP contribution in [-0.4, -0.2) is 24.5 Å². The molecule has 0 aromatic heterocycles. The van der Waals surface area contributed by atoms with Gasteiger partial charge in [0.05, 0.1) is 11.1 Å². The number of hydrogen-bond acceptors (Lipinski definition) is 8. The SMILES string of the molecule is CCCCCc1cc2c(c3c1C(=O)OC(C)(C)O3)-c1cc(CCC3(C)Oc4cc(CCCCC)c5c(c4-c4cc(C)ccc43)OCOC5=O)ccc1C(C)(C)O2. The van der Waals surface area contributed by atoms with Gasteiger partial charge in [0.2, 0.25) is 12.6 Å². The van der Waals surface area contributed by atoms with E-state index in [-0.39, 0.29) is 18.7 Å². The first-order valence-electron chi connectivity index (χ1n) is 20.5. The lowest BCUT2D eigenvalue weighted by Crippen LogP contribution is -2.40. The summed E-state index contributed by atoms with van der Waals surface area (Å²) < 4.78 is 37.7. The molecule has 294 valence electrons. The van der Waals surface area contributed by atoms with Crippen LogP contribution in [0.4, 0.5) is 0 Å². The van der Waals surface area contributed by atoms with Gasteiger partial charge in [0.25, 0.3) is 0 Å². The van der Waals surface area contributed by atoms with Crippen LogP contribution in [0.2, 0.25) is 0 Å². The van der Waals surface area contributed by atoms with Crippen LogP contribution in [0.3, 0.4) is 0 Å². The van der Waals surface area contributed by atoms with Gasteiger partial charge in [0.15, 0.2) is 5.75 Å². The Labute approximate surface area is 330 Å². The molecule has 0 amide bonds. The second-order valence-corrected chi connectivity index (χ2v) is 17.1. The normalized spacial score (nSPS) is 19.2. The first kappa shape index (κ1) is 37.9. The minimum atomic E-state index is -1.12. The van der Waals surface area contributed by atoms with Crippen molar-refractivity contribution in [2.24, 2.45) is 0 Å². The molecular formula is C48H54O8. The van der Waals surface area contributed by atoms with E-state index in [0.29, 0.717) is 35.5 Å². The van der Waals surface area contributed by atoms with E-state index >= 15 is 0 Å². The average Bonchev–Trinajstić information content (AvgIpc) is 3.13. The van der Waals surface area contributed by atoms with Crippen LogP contribution >= 0.6 is 0 Å². The van der Waals surface area contributed by atoms with Crippen molar-refractivity contribution >= 4 is 11.9 Å².